The summed E-state index contributed by atoms with van der Waals surface area (Å²) in [5.41, 5.74) is 1.47. The molecule has 0 saturated carbocycles. The summed E-state index contributed by atoms with van der Waals surface area (Å²) in [5.74, 6) is 0.245. The lowest BCUT2D eigenvalue weighted by molar-refractivity contribution is -0.118. The fourth-order valence-corrected chi connectivity index (χ4v) is 2.25. The van der Waals surface area contributed by atoms with Crippen LogP contribution in [0.5, 0.6) is 0 Å². The van der Waals surface area contributed by atoms with Gasteiger partial charge in [0.2, 0.25) is 0 Å². The summed E-state index contributed by atoms with van der Waals surface area (Å²) in [6.45, 7) is 1.27. The molecule has 1 heterocycles. The number of nitriles is 1. The van der Waals surface area contributed by atoms with Gasteiger partial charge in [-0.1, -0.05) is 15.9 Å². The van der Waals surface area contributed by atoms with Crippen LogP contribution in [0.4, 0.5) is 5.69 Å². The number of rotatable bonds is 1. The number of hydrogen-bond acceptors (Lipinski definition) is 3. The molecule has 2 rings (SSSR count). The van der Waals surface area contributed by atoms with E-state index in [1.54, 1.807) is 6.07 Å². The van der Waals surface area contributed by atoms with E-state index in [1.165, 1.54) is 0 Å². The fourth-order valence-electron chi connectivity index (χ4n) is 1.90. The zero-order valence-corrected chi connectivity index (χ0v) is 10.3. The molecule has 0 unspecified atom stereocenters. The second kappa shape index (κ2) is 4.67. The number of halogens is 1. The Morgan fingerprint density at radius 2 is 2.25 bits per heavy atom. The molecule has 0 N–H and O–H groups in total. The Kier molecular flexibility index (Phi) is 3.25. The summed E-state index contributed by atoms with van der Waals surface area (Å²) in [6.07, 6.45) is 1.53. The first kappa shape index (κ1) is 11.2. The molecule has 1 aliphatic heterocycles. The van der Waals surface area contributed by atoms with Crippen LogP contribution >= 0.6 is 15.9 Å². The van der Waals surface area contributed by atoms with E-state index in [4.69, 9.17) is 5.26 Å². The van der Waals surface area contributed by atoms with Crippen LogP contribution in [0.1, 0.15) is 18.4 Å². The van der Waals surface area contributed by atoms with Gasteiger partial charge in [-0.25, -0.2) is 0 Å². The summed E-state index contributed by atoms with van der Waals surface area (Å²) in [6, 6.07) is 7.68. The molecule has 16 heavy (non-hydrogen) atoms. The Morgan fingerprint density at radius 3 is 2.94 bits per heavy atom. The minimum atomic E-state index is 0.245. The van der Waals surface area contributed by atoms with E-state index in [9.17, 15) is 4.79 Å². The number of anilines is 1. The van der Waals surface area contributed by atoms with Gasteiger partial charge in [0.05, 0.1) is 17.8 Å². The molecule has 3 nitrogen and oxygen atoms in total. The average Bonchev–Trinajstić information content (AvgIpc) is 2.29. The average molecular weight is 279 g/mol. The van der Waals surface area contributed by atoms with E-state index in [0.29, 0.717) is 18.5 Å². The second-order valence-corrected chi connectivity index (χ2v) is 4.75. The summed E-state index contributed by atoms with van der Waals surface area (Å²) in [4.78, 5) is 13.4. The molecule has 0 aliphatic carbocycles. The smallest absolute Gasteiger partial charge is 0.152 e. The Morgan fingerprint density at radius 1 is 1.44 bits per heavy atom. The molecule has 1 fully saturated rings. The maximum atomic E-state index is 11.4. The van der Waals surface area contributed by atoms with Crippen molar-refractivity contribution in [1.82, 2.24) is 0 Å². The van der Waals surface area contributed by atoms with Crippen LogP contribution in [0.25, 0.3) is 0 Å². The van der Waals surface area contributed by atoms with Crippen LogP contribution in [0.3, 0.4) is 0 Å². The molecule has 0 amide bonds. The van der Waals surface area contributed by atoms with Crippen molar-refractivity contribution < 1.29 is 4.79 Å². The molecule has 4 heteroatoms. The molecule has 1 saturated heterocycles. The number of ketones is 1. The predicted octanol–water partition coefficient (Wildman–Crippen LogP) is 2.49. The number of hydrogen-bond donors (Lipinski definition) is 0. The number of Topliss-reactive ketones (excluding diaryl/α,β-unsaturated/α-hetero) is 1. The standard InChI is InChI=1S/C12H11BrN2O/c13-10-4-3-9(7-14)12(6-10)15-5-1-2-11(16)8-15/h3-4,6H,1-2,5,8H2. The topological polar surface area (TPSA) is 44.1 Å². The predicted molar refractivity (Wildman–Crippen MR) is 65.3 cm³/mol. The van der Waals surface area contributed by atoms with Gasteiger partial charge >= 0.3 is 0 Å². The van der Waals surface area contributed by atoms with E-state index >= 15 is 0 Å². The second-order valence-electron chi connectivity index (χ2n) is 3.84. The molecule has 82 valence electrons. The van der Waals surface area contributed by atoms with Gasteiger partial charge in [-0.2, -0.15) is 5.26 Å². The molecular formula is C12H11BrN2O. The third-order valence-corrected chi connectivity index (χ3v) is 3.17. The van der Waals surface area contributed by atoms with Crippen LogP contribution in [0.15, 0.2) is 22.7 Å². The van der Waals surface area contributed by atoms with E-state index in [-0.39, 0.29) is 5.78 Å². The minimum absolute atomic E-state index is 0.245. The highest BCUT2D eigenvalue weighted by Crippen LogP contribution is 2.26. The number of carbonyl (C=O) groups is 1. The molecule has 0 atom stereocenters. The van der Waals surface area contributed by atoms with Crippen molar-refractivity contribution in [2.24, 2.45) is 0 Å². The van der Waals surface area contributed by atoms with Gasteiger partial charge in [0.15, 0.2) is 5.78 Å². The zero-order chi connectivity index (χ0) is 11.5. The van der Waals surface area contributed by atoms with Crippen LogP contribution in [0, 0.1) is 11.3 Å². The molecular weight excluding hydrogens is 268 g/mol. The molecule has 0 spiro atoms. The van der Waals surface area contributed by atoms with Crippen LogP contribution in [-0.2, 0) is 4.79 Å². The Bertz CT molecular complexity index is 465. The van der Waals surface area contributed by atoms with Gasteiger partial charge in [0.1, 0.15) is 6.07 Å². The molecule has 0 radical (unpaired) electrons. The largest absolute Gasteiger partial charge is 0.363 e. The minimum Gasteiger partial charge on any atom is -0.363 e. The normalized spacial score (nSPS) is 16.0. The van der Waals surface area contributed by atoms with Crippen molar-refractivity contribution in [3.63, 3.8) is 0 Å². The van der Waals surface area contributed by atoms with Crippen molar-refractivity contribution in [1.29, 1.82) is 5.26 Å². The zero-order valence-electron chi connectivity index (χ0n) is 8.74. The van der Waals surface area contributed by atoms with Gasteiger partial charge in [0.25, 0.3) is 0 Å². The van der Waals surface area contributed by atoms with Gasteiger partial charge in [-0.15, -0.1) is 0 Å². The summed E-state index contributed by atoms with van der Waals surface area (Å²) >= 11 is 3.39. The monoisotopic (exact) mass is 278 g/mol. The Hall–Kier alpha value is -1.34. The van der Waals surface area contributed by atoms with E-state index < -0.39 is 0 Å². The molecule has 0 aromatic heterocycles. The molecule has 1 aromatic rings. The van der Waals surface area contributed by atoms with Crippen LogP contribution in [0.2, 0.25) is 0 Å². The number of nitrogens with zero attached hydrogens (tertiary/aromatic N) is 2. The lowest BCUT2D eigenvalue weighted by Crippen LogP contribution is -2.35. The summed E-state index contributed by atoms with van der Waals surface area (Å²) in [5, 5.41) is 9.03. The first-order valence-corrected chi connectivity index (χ1v) is 5.96. The first-order valence-electron chi connectivity index (χ1n) is 5.17. The fraction of sp³-hybridized carbons (Fsp3) is 0.333. The SMILES string of the molecule is N#Cc1ccc(Br)cc1N1CCCC(=O)C1. The summed E-state index contributed by atoms with van der Waals surface area (Å²) < 4.78 is 0.930. The molecule has 0 bridgehead atoms. The highest BCUT2D eigenvalue weighted by atomic mass is 79.9. The Balaban J connectivity index is 2.35. The van der Waals surface area contributed by atoms with Crippen LogP contribution < -0.4 is 4.90 Å². The highest BCUT2D eigenvalue weighted by Gasteiger charge is 2.19. The van der Waals surface area contributed by atoms with Gasteiger partial charge in [-0.3, -0.25) is 4.79 Å². The van der Waals surface area contributed by atoms with Crippen molar-refractivity contribution in [2.75, 3.05) is 18.0 Å². The maximum absolute atomic E-state index is 11.4. The first-order chi connectivity index (χ1) is 7.70. The third kappa shape index (κ3) is 2.25. The quantitative estimate of drug-likeness (QED) is 0.793. The lowest BCUT2D eigenvalue weighted by Gasteiger charge is -2.28. The van der Waals surface area contributed by atoms with Crippen molar-refractivity contribution in [3.05, 3.63) is 28.2 Å². The van der Waals surface area contributed by atoms with E-state index in [0.717, 1.165) is 23.1 Å². The maximum Gasteiger partial charge on any atom is 0.152 e. The van der Waals surface area contributed by atoms with Crippen molar-refractivity contribution in [3.8, 4) is 6.07 Å². The van der Waals surface area contributed by atoms with E-state index in [1.807, 2.05) is 17.0 Å². The van der Waals surface area contributed by atoms with Crippen molar-refractivity contribution >= 4 is 27.4 Å². The Labute approximate surface area is 103 Å². The molecule has 1 aromatic carbocycles. The van der Waals surface area contributed by atoms with Gasteiger partial charge in [-0.05, 0) is 24.6 Å². The highest BCUT2D eigenvalue weighted by molar-refractivity contribution is 9.10. The number of piperidine rings is 1. The summed E-state index contributed by atoms with van der Waals surface area (Å²) in [7, 11) is 0. The van der Waals surface area contributed by atoms with Gasteiger partial charge < -0.3 is 4.90 Å². The third-order valence-electron chi connectivity index (χ3n) is 2.67. The lowest BCUT2D eigenvalue weighted by atomic mass is 10.1. The van der Waals surface area contributed by atoms with E-state index in [2.05, 4.69) is 22.0 Å². The van der Waals surface area contributed by atoms with Gasteiger partial charge in [0, 0.05) is 17.4 Å². The molecule has 1 aliphatic rings. The number of carbonyl (C=O) groups excluding carboxylic acids is 1. The number of benzene rings is 1. The van der Waals surface area contributed by atoms with Crippen LogP contribution in [-0.4, -0.2) is 18.9 Å². The van der Waals surface area contributed by atoms with Crippen molar-refractivity contribution in [2.45, 2.75) is 12.8 Å².